The fourth-order valence-corrected chi connectivity index (χ4v) is 4.33. The first-order valence-corrected chi connectivity index (χ1v) is 10.1. The van der Waals surface area contributed by atoms with Gasteiger partial charge in [-0.2, -0.15) is 0 Å². The molecule has 0 aliphatic carbocycles. The normalized spacial score (nSPS) is 15.7. The minimum absolute atomic E-state index is 0.0762. The van der Waals surface area contributed by atoms with E-state index < -0.39 is 9.84 Å². The highest BCUT2D eigenvalue weighted by molar-refractivity contribution is 7.90. The first-order chi connectivity index (χ1) is 12.0. The molecule has 0 radical (unpaired) electrons. The Bertz CT molecular complexity index is 829. The third-order valence-corrected chi connectivity index (χ3v) is 6.01. The van der Waals surface area contributed by atoms with Gasteiger partial charge in [0.05, 0.1) is 10.6 Å². The van der Waals surface area contributed by atoms with Gasteiger partial charge in [0.15, 0.2) is 9.84 Å². The number of rotatable bonds is 5. The van der Waals surface area contributed by atoms with Crippen molar-refractivity contribution in [2.24, 2.45) is 0 Å². The second kappa shape index (κ2) is 7.80. The van der Waals surface area contributed by atoms with Crippen LogP contribution in [0.3, 0.4) is 0 Å². The zero-order chi connectivity index (χ0) is 17.7. The van der Waals surface area contributed by atoms with Gasteiger partial charge in [0, 0.05) is 11.6 Å². The second-order valence-corrected chi connectivity index (χ2v) is 8.26. The number of benzene rings is 2. The molecule has 1 heterocycles. The largest absolute Gasteiger partial charge is 0.349 e. The lowest BCUT2D eigenvalue weighted by molar-refractivity contribution is 0.0929. The van der Waals surface area contributed by atoms with Crippen LogP contribution in [0.4, 0.5) is 0 Å². The lowest BCUT2D eigenvalue weighted by Gasteiger charge is -2.23. The monoisotopic (exact) mass is 358 g/mol. The molecule has 0 spiro atoms. The number of hydrogen-bond acceptors (Lipinski definition) is 4. The summed E-state index contributed by atoms with van der Waals surface area (Å²) in [5.74, 6) is -0.295. The van der Waals surface area contributed by atoms with Gasteiger partial charge in [-0.25, -0.2) is 8.42 Å². The summed E-state index contributed by atoms with van der Waals surface area (Å²) in [6, 6.07) is 15.5. The number of hydrogen-bond donors (Lipinski definition) is 2. The minimum atomic E-state index is -3.49. The molecule has 1 aliphatic heterocycles. The van der Waals surface area contributed by atoms with Crippen LogP contribution >= 0.6 is 0 Å². The fourth-order valence-electron chi connectivity index (χ4n) is 2.94. The van der Waals surface area contributed by atoms with E-state index in [-0.39, 0.29) is 22.6 Å². The Kier molecular flexibility index (Phi) is 5.50. The van der Waals surface area contributed by atoms with Crippen LogP contribution < -0.4 is 10.6 Å². The maximum absolute atomic E-state index is 12.6. The number of nitrogens with one attached hydrogen (secondary N) is 2. The lowest BCUT2D eigenvalue weighted by Crippen LogP contribution is -2.42. The molecular formula is C19H22N2O3S. The van der Waals surface area contributed by atoms with Crippen molar-refractivity contribution in [2.75, 3.05) is 13.1 Å². The summed E-state index contributed by atoms with van der Waals surface area (Å²) in [7, 11) is -3.49. The molecule has 0 aromatic heterocycles. The molecule has 1 saturated heterocycles. The topological polar surface area (TPSA) is 75.3 Å². The summed E-state index contributed by atoms with van der Waals surface area (Å²) < 4.78 is 25.3. The highest BCUT2D eigenvalue weighted by Gasteiger charge is 2.19. The summed E-state index contributed by atoms with van der Waals surface area (Å²) in [5.41, 5.74) is 1.11. The van der Waals surface area contributed by atoms with Crippen LogP contribution in [0.15, 0.2) is 59.5 Å². The third kappa shape index (κ3) is 4.67. The summed E-state index contributed by atoms with van der Waals surface area (Å²) >= 11 is 0. The van der Waals surface area contributed by atoms with E-state index in [1.807, 2.05) is 18.2 Å². The smallest absolute Gasteiger partial charge is 0.251 e. The van der Waals surface area contributed by atoms with Gasteiger partial charge in [0.1, 0.15) is 0 Å². The molecule has 1 aliphatic rings. The Balaban J connectivity index is 1.75. The molecule has 25 heavy (non-hydrogen) atoms. The molecule has 0 saturated carbocycles. The molecule has 6 heteroatoms. The van der Waals surface area contributed by atoms with Gasteiger partial charge in [-0.1, -0.05) is 36.4 Å². The van der Waals surface area contributed by atoms with Crippen molar-refractivity contribution >= 4 is 15.7 Å². The van der Waals surface area contributed by atoms with Crippen LogP contribution in [0.2, 0.25) is 0 Å². The van der Waals surface area contributed by atoms with Gasteiger partial charge >= 0.3 is 0 Å². The lowest BCUT2D eigenvalue weighted by atomic mass is 10.1. The number of piperidine rings is 1. The zero-order valence-electron chi connectivity index (χ0n) is 13.9. The van der Waals surface area contributed by atoms with Gasteiger partial charge < -0.3 is 10.6 Å². The van der Waals surface area contributed by atoms with Crippen LogP contribution in [0.25, 0.3) is 0 Å². The standard InChI is InChI=1S/C19H22N2O3S/c22-19(21-17-9-11-20-12-10-17)16-7-4-8-18(13-16)25(23,24)14-15-5-2-1-3-6-15/h1-8,13,17,20H,9-12,14H2,(H,21,22). The van der Waals surface area contributed by atoms with Crippen molar-refractivity contribution in [1.29, 1.82) is 0 Å². The molecule has 2 aromatic carbocycles. The van der Waals surface area contributed by atoms with Crippen molar-refractivity contribution in [2.45, 2.75) is 29.5 Å². The van der Waals surface area contributed by atoms with E-state index in [1.54, 1.807) is 30.3 Å². The Morgan fingerprint density at radius 2 is 1.76 bits per heavy atom. The first-order valence-electron chi connectivity index (χ1n) is 8.43. The number of amides is 1. The van der Waals surface area contributed by atoms with Crippen molar-refractivity contribution < 1.29 is 13.2 Å². The molecule has 132 valence electrons. The molecule has 1 amide bonds. The van der Waals surface area contributed by atoms with Gasteiger partial charge in [-0.05, 0) is 49.7 Å². The van der Waals surface area contributed by atoms with Crippen LogP contribution in [0.1, 0.15) is 28.8 Å². The van der Waals surface area contributed by atoms with Crippen molar-refractivity contribution in [3.05, 3.63) is 65.7 Å². The molecule has 2 N–H and O–H groups in total. The highest BCUT2D eigenvalue weighted by Crippen LogP contribution is 2.18. The predicted molar refractivity (Wildman–Crippen MR) is 97.1 cm³/mol. The van der Waals surface area contributed by atoms with Crippen LogP contribution in [0.5, 0.6) is 0 Å². The molecule has 1 fully saturated rings. The molecule has 0 atom stereocenters. The fraction of sp³-hybridized carbons (Fsp3) is 0.316. The third-order valence-electron chi connectivity index (χ3n) is 4.33. The van der Waals surface area contributed by atoms with Gasteiger partial charge in [-0.15, -0.1) is 0 Å². The van der Waals surface area contributed by atoms with Gasteiger partial charge in [0.2, 0.25) is 0 Å². The van der Waals surface area contributed by atoms with E-state index in [4.69, 9.17) is 0 Å². The Labute approximate surface area is 148 Å². The van der Waals surface area contributed by atoms with Gasteiger partial charge in [0.25, 0.3) is 5.91 Å². The molecular weight excluding hydrogens is 336 g/mol. The van der Waals surface area contributed by atoms with Crippen LogP contribution in [-0.4, -0.2) is 33.5 Å². The minimum Gasteiger partial charge on any atom is -0.349 e. The van der Waals surface area contributed by atoms with Gasteiger partial charge in [-0.3, -0.25) is 4.79 Å². The predicted octanol–water partition coefficient (Wildman–Crippen LogP) is 2.14. The van der Waals surface area contributed by atoms with E-state index in [2.05, 4.69) is 10.6 Å². The molecule has 5 nitrogen and oxygen atoms in total. The summed E-state index contributed by atoms with van der Waals surface area (Å²) in [5, 5.41) is 6.24. The SMILES string of the molecule is O=C(NC1CCNCC1)c1cccc(S(=O)(=O)Cc2ccccc2)c1. The molecule has 0 bridgehead atoms. The van der Waals surface area contributed by atoms with E-state index in [0.717, 1.165) is 31.5 Å². The summed E-state index contributed by atoms with van der Waals surface area (Å²) in [4.78, 5) is 12.6. The van der Waals surface area contributed by atoms with E-state index in [1.165, 1.54) is 6.07 Å². The summed E-state index contributed by atoms with van der Waals surface area (Å²) in [6.07, 6.45) is 1.77. The number of carbonyl (C=O) groups is 1. The van der Waals surface area contributed by atoms with E-state index >= 15 is 0 Å². The maximum atomic E-state index is 12.6. The van der Waals surface area contributed by atoms with Crippen molar-refractivity contribution in [3.63, 3.8) is 0 Å². The van der Waals surface area contributed by atoms with E-state index in [0.29, 0.717) is 5.56 Å². The Hall–Kier alpha value is -2.18. The van der Waals surface area contributed by atoms with Crippen molar-refractivity contribution in [1.82, 2.24) is 10.6 Å². The molecule has 3 rings (SSSR count). The highest BCUT2D eigenvalue weighted by atomic mass is 32.2. The second-order valence-electron chi connectivity index (χ2n) is 6.27. The number of sulfone groups is 1. The summed E-state index contributed by atoms with van der Waals surface area (Å²) in [6.45, 7) is 1.77. The molecule has 0 unspecified atom stereocenters. The average molecular weight is 358 g/mol. The Morgan fingerprint density at radius 1 is 1.04 bits per heavy atom. The van der Waals surface area contributed by atoms with E-state index in [9.17, 15) is 13.2 Å². The van der Waals surface area contributed by atoms with Crippen molar-refractivity contribution in [3.8, 4) is 0 Å². The van der Waals surface area contributed by atoms with Crippen LogP contribution in [-0.2, 0) is 15.6 Å². The molecule has 2 aromatic rings. The quantitative estimate of drug-likeness (QED) is 0.859. The number of carbonyl (C=O) groups excluding carboxylic acids is 1. The Morgan fingerprint density at radius 3 is 2.48 bits per heavy atom. The van der Waals surface area contributed by atoms with Crippen LogP contribution in [0, 0.1) is 0 Å². The zero-order valence-corrected chi connectivity index (χ0v) is 14.8. The average Bonchev–Trinajstić information content (AvgIpc) is 2.63. The maximum Gasteiger partial charge on any atom is 0.251 e. The first kappa shape index (κ1) is 17.6.